The number of carbonyl (C=O) groups is 1. The number of allylic oxidation sites excluding steroid dienone is 1. The molecule has 0 fully saturated rings. The number of nitrogens with zero attached hydrogens (tertiary/aromatic N) is 2. The maximum Gasteiger partial charge on any atom is 0.345 e. The molecule has 25 heavy (non-hydrogen) atoms. The lowest BCUT2D eigenvalue weighted by Crippen LogP contribution is -2.39. The van der Waals surface area contributed by atoms with Crippen molar-refractivity contribution < 1.29 is 13.2 Å². The number of thiophene rings is 1. The van der Waals surface area contributed by atoms with Crippen LogP contribution in [0.1, 0.15) is 23.4 Å². The standard InChI is InChI=1S/C17H17N3O3S2/c1-12(13-7-4-3-5-8-13)18-17(21)15-11-14(16-9-6-10-24-16)19-25(22,23)20(15)2/h3-12H,1-2H3,(H,18,21). The Morgan fingerprint density at radius 3 is 2.56 bits per heavy atom. The number of hydrogen-bond donors (Lipinski definition) is 1. The van der Waals surface area contributed by atoms with E-state index in [1.165, 1.54) is 24.5 Å². The molecule has 1 unspecified atom stereocenters. The highest BCUT2D eigenvalue weighted by Gasteiger charge is 2.30. The molecule has 1 atom stereocenters. The van der Waals surface area contributed by atoms with Crippen LogP contribution >= 0.6 is 11.3 Å². The molecule has 3 rings (SSSR count). The molecule has 2 aromatic rings. The highest BCUT2D eigenvalue weighted by molar-refractivity contribution is 7.88. The van der Waals surface area contributed by atoms with Crippen molar-refractivity contribution in [2.45, 2.75) is 13.0 Å². The molecule has 0 bridgehead atoms. The largest absolute Gasteiger partial charge is 0.345 e. The summed E-state index contributed by atoms with van der Waals surface area (Å²) in [6.45, 7) is 1.85. The number of amides is 1. The normalized spacial score (nSPS) is 17.4. The van der Waals surface area contributed by atoms with Crippen LogP contribution < -0.4 is 5.32 Å². The molecule has 8 heteroatoms. The molecule has 2 heterocycles. The minimum atomic E-state index is -3.93. The van der Waals surface area contributed by atoms with Crippen molar-refractivity contribution in [2.75, 3.05) is 7.05 Å². The Morgan fingerprint density at radius 2 is 1.92 bits per heavy atom. The maximum atomic E-state index is 12.7. The Balaban J connectivity index is 1.89. The predicted octanol–water partition coefficient (Wildman–Crippen LogP) is 2.49. The molecule has 0 aliphatic carbocycles. The summed E-state index contributed by atoms with van der Waals surface area (Å²) in [6, 6.07) is 12.8. The van der Waals surface area contributed by atoms with Crippen molar-refractivity contribution in [3.8, 4) is 0 Å². The number of rotatable bonds is 4. The minimum Gasteiger partial charge on any atom is -0.344 e. The van der Waals surface area contributed by atoms with Gasteiger partial charge in [-0.1, -0.05) is 36.4 Å². The van der Waals surface area contributed by atoms with Gasteiger partial charge in [-0.3, -0.25) is 4.79 Å². The van der Waals surface area contributed by atoms with E-state index in [0.29, 0.717) is 4.88 Å². The Morgan fingerprint density at radius 1 is 1.20 bits per heavy atom. The van der Waals surface area contributed by atoms with Crippen molar-refractivity contribution in [2.24, 2.45) is 4.40 Å². The smallest absolute Gasteiger partial charge is 0.344 e. The van der Waals surface area contributed by atoms with Crippen molar-refractivity contribution in [1.82, 2.24) is 9.62 Å². The first kappa shape index (κ1) is 17.4. The lowest BCUT2D eigenvalue weighted by Gasteiger charge is -2.24. The second-order valence-electron chi connectivity index (χ2n) is 5.53. The van der Waals surface area contributed by atoms with E-state index in [-0.39, 0.29) is 17.5 Å². The zero-order valence-corrected chi connectivity index (χ0v) is 15.3. The molecule has 0 spiro atoms. The summed E-state index contributed by atoms with van der Waals surface area (Å²) in [5.74, 6) is -0.466. The van der Waals surface area contributed by atoms with Gasteiger partial charge in [-0.2, -0.15) is 8.42 Å². The molecule has 0 saturated carbocycles. The molecular weight excluding hydrogens is 358 g/mol. The Bertz CT molecular complexity index is 933. The van der Waals surface area contributed by atoms with Crippen LogP contribution in [0.3, 0.4) is 0 Å². The van der Waals surface area contributed by atoms with Crippen molar-refractivity contribution in [1.29, 1.82) is 0 Å². The zero-order valence-electron chi connectivity index (χ0n) is 13.7. The van der Waals surface area contributed by atoms with Crippen LogP contribution in [0.2, 0.25) is 0 Å². The minimum absolute atomic E-state index is 0.0428. The molecule has 130 valence electrons. The van der Waals surface area contributed by atoms with Crippen LogP contribution in [-0.2, 0) is 15.0 Å². The first-order valence-electron chi connectivity index (χ1n) is 7.58. The first-order valence-corrected chi connectivity index (χ1v) is 9.86. The van der Waals surface area contributed by atoms with Gasteiger partial charge in [0.1, 0.15) is 5.70 Å². The van der Waals surface area contributed by atoms with Gasteiger partial charge in [0.15, 0.2) is 0 Å². The average molecular weight is 375 g/mol. The van der Waals surface area contributed by atoms with E-state index in [2.05, 4.69) is 9.71 Å². The zero-order chi connectivity index (χ0) is 18.0. The second-order valence-corrected chi connectivity index (χ2v) is 8.11. The SMILES string of the molecule is CC(NC(=O)C1=CC(c2cccs2)=NS(=O)(=O)N1C)c1ccccc1. The summed E-state index contributed by atoms with van der Waals surface area (Å²) in [5.41, 5.74) is 1.25. The third-order valence-corrected chi connectivity index (χ3v) is 6.03. The lowest BCUT2D eigenvalue weighted by atomic mass is 10.1. The predicted molar refractivity (Wildman–Crippen MR) is 98.6 cm³/mol. The monoisotopic (exact) mass is 375 g/mol. The van der Waals surface area contributed by atoms with E-state index >= 15 is 0 Å². The van der Waals surface area contributed by atoms with Gasteiger partial charge in [0.05, 0.1) is 16.6 Å². The summed E-state index contributed by atoms with van der Waals surface area (Å²) in [5, 5.41) is 4.66. The van der Waals surface area contributed by atoms with Gasteiger partial charge in [0.25, 0.3) is 5.91 Å². The molecule has 1 aromatic heterocycles. The van der Waals surface area contributed by atoms with Gasteiger partial charge >= 0.3 is 10.2 Å². The summed E-state index contributed by atoms with van der Waals surface area (Å²) in [6.07, 6.45) is 1.50. The number of nitrogens with one attached hydrogen (secondary N) is 1. The van der Waals surface area contributed by atoms with Crippen LogP contribution in [0.15, 0.2) is 64.0 Å². The Kier molecular flexibility index (Phi) is 4.73. The first-order chi connectivity index (χ1) is 11.9. The van der Waals surface area contributed by atoms with E-state index in [1.807, 2.05) is 42.6 Å². The number of benzene rings is 1. The van der Waals surface area contributed by atoms with Crippen LogP contribution in [0.5, 0.6) is 0 Å². The lowest BCUT2D eigenvalue weighted by molar-refractivity contribution is -0.119. The third kappa shape index (κ3) is 3.64. The van der Waals surface area contributed by atoms with Gasteiger partial charge in [0.2, 0.25) is 0 Å². The summed E-state index contributed by atoms with van der Waals surface area (Å²) >= 11 is 1.37. The van der Waals surface area contributed by atoms with E-state index in [9.17, 15) is 13.2 Å². The van der Waals surface area contributed by atoms with Gasteiger partial charge in [-0.25, -0.2) is 4.31 Å². The fourth-order valence-corrected chi connectivity index (χ4v) is 4.05. The molecule has 1 amide bonds. The highest BCUT2D eigenvalue weighted by atomic mass is 32.2. The van der Waals surface area contributed by atoms with Gasteiger partial charge in [0, 0.05) is 7.05 Å². The van der Waals surface area contributed by atoms with Crippen LogP contribution in [0.4, 0.5) is 0 Å². The van der Waals surface area contributed by atoms with Crippen molar-refractivity contribution >= 4 is 33.2 Å². The number of likely N-dealkylation sites (N-methyl/N-ethyl adjacent to an activating group) is 1. The molecule has 0 saturated heterocycles. The van der Waals surface area contributed by atoms with Gasteiger partial charge in [-0.15, -0.1) is 15.7 Å². The molecule has 1 aliphatic heterocycles. The van der Waals surface area contributed by atoms with E-state index in [4.69, 9.17) is 0 Å². The summed E-state index contributed by atoms with van der Waals surface area (Å²) < 4.78 is 29.2. The Hall–Kier alpha value is -2.45. The fraction of sp³-hybridized carbons (Fsp3) is 0.176. The van der Waals surface area contributed by atoms with Crippen molar-refractivity contribution in [3.63, 3.8) is 0 Å². The highest BCUT2D eigenvalue weighted by Crippen LogP contribution is 2.22. The average Bonchev–Trinajstić information content (AvgIpc) is 3.12. The van der Waals surface area contributed by atoms with Crippen LogP contribution in [-0.4, -0.2) is 31.4 Å². The van der Waals surface area contributed by atoms with Gasteiger partial charge in [-0.05, 0) is 30.0 Å². The molecule has 1 N–H and O–H groups in total. The molecular formula is C17H17N3O3S2. The molecule has 1 aromatic carbocycles. The molecule has 6 nitrogen and oxygen atoms in total. The van der Waals surface area contributed by atoms with Crippen LogP contribution in [0.25, 0.3) is 0 Å². The quantitative estimate of drug-likeness (QED) is 0.892. The van der Waals surface area contributed by atoms with Crippen molar-refractivity contribution in [3.05, 3.63) is 70.1 Å². The Labute approximate surface area is 150 Å². The summed E-state index contributed by atoms with van der Waals surface area (Å²) in [7, 11) is -2.61. The van der Waals surface area contributed by atoms with E-state index in [0.717, 1.165) is 9.87 Å². The molecule has 1 aliphatic rings. The molecule has 0 radical (unpaired) electrons. The number of hydrogen-bond acceptors (Lipinski definition) is 4. The van der Waals surface area contributed by atoms with Gasteiger partial charge < -0.3 is 5.32 Å². The third-order valence-electron chi connectivity index (χ3n) is 3.83. The fourth-order valence-electron chi connectivity index (χ4n) is 2.40. The second kappa shape index (κ2) is 6.81. The number of carbonyl (C=O) groups excluding carboxylic acids is 1. The van der Waals surface area contributed by atoms with E-state index < -0.39 is 16.1 Å². The van der Waals surface area contributed by atoms with E-state index in [1.54, 1.807) is 12.1 Å². The van der Waals surface area contributed by atoms with Crippen LogP contribution in [0, 0.1) is 0 Å². The topological polar surface area (TPSA) is 78.8 Å². The summed E-state index contributed by atoms with van der Waals surface area (Å²) in [4.78, 5) is 13.4. The maximum absolute atomic E-state index is 12.7.